The average Bonchev–Trinajstić information content (AvgIpc) is 2.46. The summed E-state index contributed by atoms with van der Waals surface area (Å²) in [5.74, 6) is 0.791. The maximum atomic E-state index is 5.74. The fourth-order valence-corrected chi connectivity index (χ4v) is 2.33. The van der Waals surface area contributed by atoms with E-state index in [2.05, 4.69) is 51.4 Å². The Kier molecular flexibility index (Phi) is 5.56. The van der Waals surface area contributed by atoms with E-state index in [1.165, 1.54) is 5.56 Å². The van der Waals surface area contributed by atoms with Crippen LogP contribution in [-0.4, -0.2) is 11.5 Å². The van der Waals surface area contributed by atoms with Crippen molar-refractivity contribution in [1.82, 2.24) is 10.3 Å². The third-order valence-electron chi connectivity index (χ3n) is 2.98. The number of pyridine rings is 1. The smallest absolute Gasteiger partial charge is 0.138 e. The van der Waals surface area contributed by atoms with Crippen molar-refractivity contribution in [2.45, 2.75) is 27.0 Å². The van der Waals surface area contributed by atoms with Crippen molar-refractivity contribution in [3.63, 3.8) is 0 Å². The van der Waals surface area contributed by atoms with Gasteiger partial charge >= 0.3 is 0 Å². The second-order valence-electron chi connectivity index (χ2n) is 4.63. The van der Waals surface area contributed by atoms with Gasteiger partial charge in [-0.2, -0.15) is 0 Å². The highest BCUT2D eigenvalue weighted by Gasteiger charge is 2.03. The molecule has 0 aliphatic carbocycles. The van der Waals surface area contributed by atoms with Crippen LogP contribution < -0.4 is 10.1 Å². The van der Waals surface area contributed by atoms with E-state index in [1.807, 2.05) is 19.1 Å². The molecule has 0 atom stereocenters. The van der Waals surface area contributed by atoms with Gasteiger partial charge in [0, 0.05) is 22.3 Å². The zero-order chi connectivity index (χ0) is 14.4. The normalized spacial score (nSPS) is 10.6. The molecule has 2 rings (SSSR count). The van der Waals surface area contributed by atoms with E-state index in [-0.39, 0.29) is 0 Å². The number of ether oxygens (including phenoxy) is 1. The van der Waals surface area contributed by atoms with Gasteiger partial charge in [0.05, 0.1) is 6.20 Å². The Morgan fingerprint density at radius 1 is 1.25 bits per heavy atom. The van der Waals surface area contributed by atoms with Crippen LogP contribution >= 0.6 is 15.9 Å². The van der Waals surface area contributed by atoms with E-state index in [1.54, 1.807) is 6.20 Å². The summed E-state index contributed by atoms with van der Waals surface area (Å²) >= 11 is 3.60. The van der Waals surface area contributed by atoms with Crippen molar-refractivity contribution in [2.75, 3.05) is 6.54 Å². The minimum absolute atomic E-state index is 0.535. The number of halogens is 1. The van der Waals surface area contributed by atoms with Crippen molar-refractivity contribution < 1.29 is 4.74 Å². The minimum atomic E-state index is 0.535. The fraction of sp³-hybridized carbons (Fsp3) is 0.312. The Balaban J connectivity index is 1.97. The van der Waals surface area contributed by atoms with Gasteiger partial charge in [0.2, 0.25) is 0 Å². The number of rotatable bonds is 6. The predicted molar refractivity (Wildman–Crippen MR) is 84.8 cm³/mol. The number of nitrogens with zero attached hydrogens (tertiary/aromatic N) is 1. The van der Waals surface area contributed by atoms with Crippen molar-refractivity contribution in [2.24, 2.45) is 0 Å². The summed E-state index contributed by atoms with van der Waals surface area (Å²) in [7, 11) is 0. The van der Waals surface area contributed by atoms with Gasteiger partial charge in [-0.25, -0.2) is 0 Å². The highest BCUT2D eigenvalue weighted by Crippen LogP contribution is 2.21. The van der Waals surface area contributed by atoms with Gasteiger partial charge in [0.15, 0.2) is 0 Å². The molecule has 0 unspecified atom stereocenters. The zero-order valence-electron chi connectivity index (χ0n) is 11.8. The monoisotopic (exact) mass is 334 g/mol. The first-order chi connectivity index (χ1) is 9.69. The van der Waals surface area contributed by atoms with Crippen LogP contribution in [0.5, 0.6) is 5.75 Å². The molecule has 0 fully saturated rings. The summed E-state index contributed by atoms with van der Waals surface area (Å²) in [5.41, 5.74) is 3.39. The molecule has 0 aliphatic rings. The van der Waals surface area contributed by atoms with Crippen LogP contribution in [0.15, 0.2) is 41.0 Å². The molecule has 1 aromatic heterocycles. The van der Waals surface area contributed by atoms with Crippen LogP contribution in [0, 0.1) is 6.92 Å². The van der Waals surface area contributed by atoms with Crippen LogP contribution in [0.25, 0.3) is 0 Å². The van der Waals surface area contributed by atoms with E-state index in [9.17, 15) is 0 Å². The summed E-state index contributed by atoms with van der Waals surface area (Å²) in [6.07, 6.45) is 1.75. The molecular weight excluding hydrogens is 316 g/mol. The molecule has 0 saturated carbocycles. The lowest BCUT2D eigenvalue weighted by atomic mass is 10.1. The molecule has 106 valence electrons. The van der Waals surface area contributed by atoms with Crippen LogP contribution in [0.2, 0.25) is 0 Å². The zero-order valence-corrected chi connectivity index (χ0v) is 13.4. The van der Waals surface area contributed by atoms with Crippen molar-refractivity contribution in [3.8, 4) is 5.75 Å². The molecule has 3 nitrogen and oxygen atoms in total. The first kappa shape index (κ1) is 15.0. The second kappa shape index (κ2) is 7.41. The molecule has 1 heterocycles. The number of nitrogens with one attached hydrogen (secondary N) is 1. The minimum Gasteiger partial charge on any atom is -0.487 e. The molecule has 0 bridgehead atoms. The summed E-state index contributed by atoms with van der Waals surface area (Å²) in [4.78, 5) is 4.22. The van der Waals surface area contributed by atoms with E-state index in [4.69, 9.17) is 4.74 Å². The molecule has 1 aromatic carbocycles. The first-order valence-electron chi connectivity index (χ1n) is 6.72. The molecule has 4 heteroatoms. The van der Waals surface area contributed by atoms with Gasteiger partial charge in [-0.05, 0) is 37.2 Å². The van der Waals surface area contributed by atoms with E-state index in [0.717, 1.165) is 34.6 Å². The Labute approximate surface area is 128 Å². The average molecular weight is 335 g/mol. The van der Waals surface area contributed by atoms with Crippen molar-refractivity contribution >= 4 is 15.9 Å². The van der Waals surface area contributed by atoms with Crippen molar-refractivity contribution in [1.29, 1.82) is 0 Å². The Hall–Kier alpha value is -1.39. The maximum absolute atomic E-state index is 5.74. The van der Waals surface area contributed by atoms with Crippen LogP contribution in [0.1, 0.15) is 23.7 Å². The molecule has 0 saturated heterocycles. The SMILES string of the molecule is CCNCc1ccc(COc2ccc(C)nc2)c(Br)c1. The third kappa shape index (κ3) is 4.32. The summed E-state index contributed by atoms with van der Waals surface area (Å²) in [6, 6.07) is 10.2. The maximum Gasteiger partial charge on any atom is 0.138 e. The molecule has 0 aliphatic heterocycles. The number of aryl methyl sites for hydroxylation is 1. The van der Waals surface area contributed by atoms with Crippen molar-refractivity contribution in [3.05, 3.63) is 57.8 Å². The summed E-state index contributed by atoms with van der Waals surface area (Å²) in [5, 5.41) is 3.31. The molecule has 1 N–H and O–H groups in total. The Bertz CT molecular complexity index is 555. The van der Waals surface area contributed by atoms with E-state index < -0.39 is 0 Å². The lowest BCUT2D eigenvalue weighted by Gasteiger charge is -2.10. The molecule has 2 aromatic rings. The molecule has 0 radical (unpaired) electrons. The van der Waals surface area contributed by atoms with Gasteiger partial charge in [-0.3, -0.25) is 4.98 Å². The van der Waals surface area contributed by atoms with Crippen LogP contribution in [-0.2, 0) is 13.2 Å². The summed E-state index contributed by atoms with van der Waals surface area (Å²) < 4.78 is 6.82. The largest absolute Gasteiger partial charge is 0.487 e. The van der Waals surface area contributed by atoms with Gasteiger partial charge in [0.25, 0.3) is 0 Å². The van der Waals surface area contributed by atoms with Crippen LogP contribution in [0.3, 0.4) is 0 Å². The predicted octanol–water partition coefficient (Wildman–Crippen LogP) is 3.84. The fourth-order valence-electron chi connectivity index (χ4n) is 1.79. The Morgan fingerprint density at radius 2 is 2.10 bits per heavy atom. The number of hydrogen-bond donors (Lipinski definition) is 1. The molecular formula is C16H19BrN2O. The van der Waals surface area contributed by atoms with Gasteiger partial charge in [-0.1, -0.05) is 35.0 Å². The number of aromatic nitrogens is 1. The third-order valence-corrected chi connectivity index (χ3v) is 3.71. The highest BCUT2D eigenvalue weighted by molar-refractivity contribution is 9.10. The van der Waals surface area contributed by atoms with Gasteiger partial charge in [0.1, 0.15) is 12.4 Å². The van der Waals surface area contributed by atoms with Gasteiger partial charge < -0.3 is 10.1 Å². The van der Waals surface area contributed by atoms with E-state index in [0.29, 0.717) is 6.61 Å². The standard InChI is InChI=1S/C16H19BrN2O/c1-3-18-9-13-5-6-14(16(17)8-13)11-20-15-7-4-12(2)19-10-15/h4-8,10,18H,3,9,11H2,1-2H3. The lowest BCUT2D eigenvalue weighted by Crippen LogP contribution is -2.11. The van der Waals surface area contributed by atoms with E-state index >= 15 is 0 Å². The number of hydrogen-bond acceptors (Lipinski definition) is 3. The quantitative estimate of drug-likeness (QED) is 0.871. The lowest BCUT2D eigenvalue weighted by molar-refractivity contribution is 0.304. The molecule has 20 heavy (non-hydrogen) atoms. The Morgan fingerprint density at radius 3 is 2.75 bits per heavy atom. The molecule has 0 spiro atoms. The highest BCUT2D eigenvalue weighted by atomic mass is 79.9. The van der Waals surface area contributed by atoms with Crippen LogP contribution in [0.4, 0.5) is 0 Å². The van der Waals surface area contributed by atoms with Gasteiger partial charge in [-0.15, -0.1) is 0 Å². The summed E-state index contributed by atoms with van der Waals surface area (Å²) in [6.45, 7) is 6.46. The first-order valence-corrected chi connectivity index (χ1v) is 7.52. The topological polar surface area (TPSA) is 34.1 Å². The number of benzene rings is 1. The molecule has 0 amide bonds. The second-order valence-corrected chi connectivity index (χ2v) is 5.48.